The first-order chi connectivity index (χ1) is 6.77. The van der Waals surface area contributed by atoms with Gasteiger partial charge in [-0.3, -0.25) is 4.68 Å². The highest BCUT2D eigenvalue weighted by Crippen LogP contribution is 2.23. The zero-order valence-electron chi connectivity index (χ0n) is 8.74. The van der Waals surface area contributed by atoms with Crippen LogP contribution in [0.5, 0.6) is 0 Å². The van der Waals surface area contributed by atoms with Crippen LogP contribution in [0.1, 0.15) is 25.7 Å². The van der Waals surface area contributed by atoms with Crippen LogP contribution >= 0.6 is 0 Å². The Kier molecular flexibility index (Phi) is 2.61. The van der Waals surface area contributed by atoms with Gasteiger partial charge in [-0.15, -0.1) is 0 Å². The highest BCUT2D eigenvalue weighted by atomic mass is 15.3. The highest BCUT2D eigenvalue weighted by Gasteiger charge is 2.14. The van der Waals surface area contributed by atoms with Crippen molar-refractivity contribution in [2.45, 2.75) is 25.7 Å². The van der Waals surface area contributed by atoms with E-state index in [0.717, 1.165) is 24.6 Å². The summed E-state index contributed by atoms with van der Waals surface area (Å²) in [5, 5.41) is 4.39. The topological polar surface area (TPSA) is 47.1 Å². The summed E-state index contributed by atoms with van der Waals surface area (Å²) >= 11 is 0. The SMILES string of the molecule is Cn1cc(N)c(N2CCCCCC2)n1. The van der Waals surface area contributed by atoms with E-state index in [9.17, 15) is 0 Å². The van der Waals surface area contributed by atoms with Gasteiger partial charge in [-0.2, -0.15) is 5.10 Å². The number of nitrogen functional groups attached to an aromatic ring is 1. The predicted molar refractivity (Wildman–Crippen MR) is 58.3 cm³/mol. The Morgan fingerprint density at radius 3 is 2.36 bits per heavy atom. The molecule has 14 heavy (non-hydrogen) atoms. The van der Waals surface area contributed by atoms with E-state index in [2.05, 4.69) is 10.00 Å². The summed E-state index contributed by atoms with van der Waals surface area (Å²) in [4.78, 5) is 2.31. The number of rotatable bonds is 1. The summed E-state index contributed by atoms with van der Waals surface area (Å²) in [6.07, 6.45) is 7.07. The molecule has 4 nitrogen and oxygen atoms in total. The Morgan fingerprint density at radius 2 is 1.86 bits per heavy atom. The first-order valence-corrected chi connectivity index (χ1v) is 5.31. The van der Waals surface area contributed by atoms with Crippen LogP contribution in [-0.2, 0) is 7.05 Å². The lowest BCUT2D eigenvalue weighted by molar-refractivity contribution is 0.726. The van der Waals surface area contributed by atoms with Crippen molar-refractivity contribution in [1.82, 2.24) is 9.78 Å². The Labute approximate surface area is 84.7 Å². The Bertz CT molecular complexity index is 297. The molecule has 0 spiro atoms. The summed E-state index contributed by atoms with van der Waals surface area (Å²) in [5.41, 5.74) is 6.70. The van der Waals surface area contributed by atoms with Crippen LogP contribution in [0.15, 0.2) is 6.20 Å². The maximum atomic E-state index is 5.90. The second-order valence-corrected chi connectivity index (χ2v) is 3.98. The molecule has 0 aliphatic carbocycles. The highest BCUT2D eigenvalue weighted by molar-refractivity contribution is 5.61. The number of nitrogens with zero attached hydrogens (tertiary/aromatic N) is 3. The van der Waals surface area contributed by atoms with Crippen molar-refractivity contribution in [1.29, 1.82) is 0 Å². The van der Waals surface area contributed by atoms with Gasteiger partial charge < -0.3 is 10.6 Å². The fraction of sp³-hybridized carbons (Fsp3) is 0.700. The van der Waals surface area contributed by atoms with Crippen LogP contribution in [0.2, 0.25) is 0 Å². The molecule has 2 N–H and O–H groups in total. The van der Waals surface area contributed by atoms with Gasteiger partial charge in [-0.25, -0.2) is 0 Å². The van der Waals surface area contributed by atoms with Crippen molar-refractivity contribution in [3.63, 3.8) is 0 Å². The number of hydrogen-bond acceptors (Lipinski definition) is 3. The molecule has 1 aromatic heterocycles. The lowest BCUT2D eigenvalue weighted by Gasteiger charge is -2.19. The summed E-state index contributed by atoms with van der Waals surface area (Å²) < 4.78 is 1.79. The third kappa shape index (κ3) is 1.84. The summed E-state index contributed by atoms with van der Waals surface area (Å²) in [6, 6.07) is 0. The molecule has 0 radical (unpaired) electrons. The summed E-state index contributed by atoms with van der Waals surface area (Å²) in [7, 11) is 1.91. The molecule has 0 aromatic carbocycles. The van der Waals surface area contributed by atoms with E-state index >= 15 is 0 Å². The van der Waals surface area contributed by atoms with Crippen molar-refractivity contribution < 1.29 is 0 Å². The van der Waals surface area contributed by atoms with Gasteiger partial charge in [0, 0.05) is 26.3 Å². The van der Waals surface area contributed by atoms with Gasteiger partial charge in [-0.05, 0) is 12.8 Å². The predicted octanol–water partition coefficient (Wildman–Crippen LogP) is 1.38. The molecule has 1 saturated heterocycles. The molecule has 0 bridgehead atoms. The minimum Gasteiger partial charge on any atom is -0.394 e. The average Bonchev–Trinajstić information content (AvgIpc) is 2.43. The fourth-order valence-electron chi connectivity index (χ4n) is 2.02. The second kappa shape index (κ2) is 3.90. The molecule has 1 fully saturated rings. The number of hydrogen-bond donors (Lipinski definition) is 1. The zero-order chi connectivity index (χ0) is 9.97. The van der Waals surface area contributed by atoms with E-state index in [0.29, 0.717) is 0 Å². The maximum absolute atomic E-state index is 5.90. The quantitative estimate of drug-likeness (QED) is 0.734. The Morgan fingerprint density at radius 1 is 1.21 bits per heavy atom. The van der Waals surface area contributed by atoms with E-state index in [-0.39, 0.29) is 0 Å². The first-order valence-electron chi connectivity index (χ1n) is 5.31. The van der Waals surface area contributed by atoms with Crippen molar-refractivity contribution >= 4 is 11.5 Å². The van der Waals surface area contributed by atoms with E-state index in [1.807, 2.05) is 13.2 Å². The minimum atomic E-state index is 0.800. The molecule has 0 atom stereocenters. The number of aromatic nitrogens is 2. The van der Waals surface area contributed by atoms with Gasteiger partial charge in [-0.1, -0.05) is 12.8 Å². The molecule has 1 aliphatic rings. The average molecular weight is 194 g/mol. The largest absolute Gasteiger partial charge is 0.394 e. The van der Waals surface area contributed by atoms with Crippen LogP contribution in [0.3, 0.4) is 0 Å². The molecule has 0 unspecified atom stereocenters. The third-order valence-corrected chi connectivity index (χ3v) is 2.74. The third-order valence-electron chi connectivity index (χ3n) is 2.74. The van der Waals surface area contributed by atoms with Crippen LogP contribution < -0.4 is 10.6 Å². The minimum absolute atomic E-state index is 0.800. The number of aryl methyl sites for hydroxylation is 1. The molecule has 1 aromatic rings. The van der Waals surface area contributed by atoms with E-state index in [4.69, 9.17) is 5.73 Å². The smallest absolute Gasteiger partial charge is 0.173 e. The molecule has 4 heteroatoms. The van der Waals surface area contributed by atoms with E-state index in [1.165, 1.54) is 25.7 Å². The van der Waals surface area contributed by atoms with Crippen LogP contribution in [0.4, 0.5) is 11.5 Å². The Hall–Kier alpha value is -1.19. The van der Waals surface area contributed by atoms with Crippen molar-refractivity contribution in [3.05, 3.63) is 6.20 Å². The number of anilines is 2. The molecular formula is C10H18N4. The summed E-state index contributed by atoms with van der Waals surface area (Å²) in [6.45, 7) is 2.20. The van der Waals surface area contributed by atoms with Gasteiger partial charge >= 0.3 is 0 Å². The van der Waals surface area contributed by atoms with Gasteiger partial charge in [0.05, 0.1) is 5.69 Å². The second-order valence-electron chi connectivity index (χ2n) is 3.98. The molecular weight excluding hydrogens is 176 g/mol. The molecule has 2 rings (SSSR count). The van der Waals surface area contributed by atoms with Gasteiger partial charge in [0.25, 0.3) is 0 Å². The van der Waals surface area contributed by atoms with E-state index < -0.39 is 0 Å². The first kappa shape index (κ1) is 9.37. The van der Waals surface area contributed by atoms with Crippen molar-refractivity contribution in [2.24, 2.45) is 7.05 Å². The molecule has 78 valence electrons. The van der Waals surface area contributed by atoms with Crippen LogP contribution in [0.25, 0.3) is 0 Å². The molecule has 0 saturated carbocycles. The van der Waals surface area contributed by atoms with Crippen LogP contribution in [-0.4, -0.2) is 22.9 Å². The lowest BCUT2D eigenvalue weighted by atomic mass is 10.2. The normalized spacial score (nSPS) is 18.2. The van der Waals surface area contributed by atoms with Crippen LogP contribution in [0, 0.1) is 0 Å². The van der Waals surface area contributed by atoms with Gasteiger partial charge in [0.15, 0.2) is 5.82 Å². The molecule has 0 amide bonds. The molecule has 2 heterocycles. The fourth-order valence-corrected chi connectivity index (χ4v) is 2.02. The molecule has 1 aliphatic heterocycles. The zero-order valence-corrected chi connectivity index (χ0v) is 8.74. The van der Waals surface area contributed by atoms with E-state index in [1.54, 1.807) is 4.68 Å². The standard InChI is InChI=1S/C10H18N4/c1-13-8-9(11)10(12-13)14-6-4-2-3-5-7-14/h8H,2-7,11H2,1H3. The number of nitrogens with two attached hydrogens (primary N) is 1. The maximum Gasteiger partial charge on any atom is 0.173 e. The Balaban J connectivity index is 2.15. The van der Waals surface area contributed by atoms with Gasteiger partial charge in [0.1, 0.15) is 0 Å². The lowest BCUT2D eigenvalue weighted by Crippen LogP contribution is -2.25. The van der Waals surface area contributed by atoms with Crippen molar-refractivity contribution in [2.75, 3.05) is 23.7 Å². The van der Waals surface area contributed by atoms with Gasteiger partial charge in [0.2, 0.25) is 0 Å². The van der Waals surface area contributed by atoms with Crippen molar-refractivity contribution in [3.8, 4) is 0 Å². The summed E-state index contributed by atoms with van der Waals surface area (Å²) in [5.74, 6) is 0.967. The monoisotopic (exact) mass is 194 g/mol.